The van der Waals surface area contributed by atoms with E-state index in [1.54, 1.807) is 23.1 Å². The third-order valence-electron chi connectivity index (χ3n) is 3.55. The van der Waals surface area contributed by atoms with Crippen molar-refractivity contribution in [3.05, 3.63) is 72.1 Å². The summed E-state index contributed by atoms with van der Waals surface area (Å²) in [5.74, 6) is -0.435. The van der Waals surface area contributed by atoms with Crippen LogP contribution >= 0.6 is 0 Å². The number of benzene rings is 2. The molecule has 0 fully saturated rings. The predicted molar refractivity (Wildman–Crippen MR) is 84.5 cm³/mol. The fourth-order valence-corrected chi connectivity index (χ4v) is 2.28. The van der Waals surface area contributed by atoms with Crippen molar-refractivity contribution >= 4 is 5.69 Å². The normalized spacial score (nSPS) is 11.7. The van der Waals surface area contributed by atoms with Gasteiger partial charge in [-0.05, 0) is 42.8 Å². The van der Waals surface area contributed by atoms with Crippen LogP contribution in [0.25, 0.3) is 5.69 Å². The average Bonchev–Trinajstić information content (AvgIpc) is 3.11. The molecule has 2 aromatic carbocycles. The van der Waals surface area contributed by atoms with Gasteiger partial charge in [0.2, 0.25) is 0 Å². The topological polar surface area (TPSA) is 66.5 Å². The van der Waals surface area contributed by atoms with Gasteiger partial charge in [-0.1, -0.05) is 12.1 Å². The van der Waals surface area contributed by atoms with Crippen LogP contribution in [-0.4, -0.2) is 14.8 Å². The third-order valence-corrected chi connectivity index (χ3v) is 3.55. The highest BCUT2D eigenvalue weighted by Gasteiger charge is 2.09. The largest absolute Gasteiger partial charge is 0.376 e. The SMILES string of the molecule is C[C@@H](Nc1ccc(C#N)cc1F)c1ccc(-n2cncn2)cc1. The lowest BCUT2D eigenvalue weighted by Gasteiger charge is -2.16. The predicted octanol–water partition coefficient (Wildman–Crippen LogP) is 3.45. The van der Waals surface area contributed by atoms with Gasteiger partial charge in [-0.3, -0.25) is 0 Å². The summed E-state index contributed by atoms with van der Waals surface area (Å²) in [6.07, 6.45) is 3.11. The molecule has 1 N–H and O–H groups in total. The van der Waals surface area contributed by atoms with Crippen LogP contribution in [0.3, 0.4) is 0 Å². The Labute approximate surface area is 133 Å². The molecular formula is C17H14FN5. The van der Waals surface area contributed by atoms with Gasteiger partial charge in [-0.15, -0.1) is 0 Å². The Balaban J connectivity index is 1.76. The van der Waals surface area contributed by atoms with E-state index >= 15 is 0 Å². The van der Waals surface area contributed by atoms with Crippen molar-refractivity contribution in [1.82, 2.24) is 14.8 Å². The fraction of sp³-hybridized carbons (Fsp3) is 0.118. The van der Waals surface area contributed by atoms with Crippen LogP contribution in [0.1, 0.15) is 24.1 Å². The van der Waals surface area contributed by atoms with Crippen molar-refractivity contribution in [3.63, 3.8) is 0 Å². The van der Waals surface area contributed by atoms with Crippen LogP contribution in [0.5, 0.6) is 0 Å². The Morgan fingerprint density at radius 2 is 2.00 bits per heavy atom. The molecule has 0 spiro atoms. The number of anilines is 1. The molecule has 0 saturated heterocycles. The number of hydrogen-bond acceptors (Lipinski definition) is 4. The number of halogens is 1. The molecule has 0 aliphatic heterocycles. The van der Waals surface area contributed by atoms with Crippen LogP contribution < -0.4 is 5.32 Å². The Hall–Kier alpha value is -3.20. The van der Waals surface area contributed by atoms with Gasteiger partial charge >= 0.3 is 0 Å². The molecule has 114 valence electrons. The van der Waals surface area contributed by atoms with Crippen molar-refractivity contribution in [2.45, 2.75) is 13.0 Å². The fourth-order valence-electron chi connectivity index (χ4n) is 2.28. The maximum absolute atomic E-state index is 13.9. The summed E-state index contributed by atoms with van der Waals surface area (Å²) in [5.41, 5.74) is 2.59. The second-order valence-electron chi connectivity index (χ2n) is 5.10. The third kappa shape index (κ3) is 3.19. The maximum Gasteiger partial charge on any atom is 0.147 e. The summed E-state index contributed by atoms with van der Waals surface area (Å²) in [4.78, 5) is 3.91. The first kappa shape index (κ1) is 14.7. The molecule has 1 heterocycles. The number of hydrogen-bond donors (Lipinski definition) is 1. The molecule has 0 amide bonds. The van der Waals surface area contributed by atoms with Crippen LogP contribution in [0.2, 0.25) is 0 Å². The second kappa shape index (κ2) is 6.28. The first-order valence-electron chi connectivity index (χ1n) is 7.08. The van der Waals surface area contributed by atoms with Crippen molar-refractivity contribution in [2.24, 2.45) is 0 Å². The van der Waals surface area contributed by atoms with E-state index in [0.29, 0.717) is 11.3 Å². The summed E-state index contributed by atoms with van der Waals surface area (Å²) in [7, 11) is 0. The van der Waals surface area contributed by atoms with Gasteiger partial charge in [0.1, 0.15) is 18.5 Å². The zero-order valence-corrected chi connectivity index (χ0v) is 12.4. The molecule has 3 rings (SSSR count). The molecule has 6 heteroatoms. The van der Waals surface area contributed by atoms with E-state index in [1.807, 2.05) is 37.3 Å². The number of nitrogens with one attached hydrogen (secondary N) is 1. The molecule has 0 bridgehead atoms. The highest BCUT2D eigenvalue weighted by Crippen LogP contribution is 2.23. The van der Waals surface area contributed by atoms with Crippen LogP contribution in [0.15, 0.2) is 55.1 Å². The molecule has 3 aromatic rings. The van der Waals surface area contributed by atoms with Crippen LogP contribution in [0, 0.1) is 17.1 Å². The van der Waals surface area contributed by atoms with Gasteiger partial charge in [0.25, 0.3) is 0 Å². The van der Waals surface area contributed by atoms with Gasteiger partial charge in [0, 0.05) is 6.04 Å². The highest BCUT2D eigenvalue weighted by molar-refractivity contribution is 5.50. The monoisotopic (exact) mass is 307 g/mol. The summed E-state index contributed by atoms with van der Waals surface area (Å²) in [5, 5.41) is 16.0. The van der Waals surface area contributed by atoms with Gasteiger partial charge in [0.15, 0.2) is 0 Å². The van der Waals surface area contributed by atoms with Gasteiger partial charge < -0.3 is 5.32 Å². The zero-order chi connectivity index (χ0) is 16.2. The van der Waals surface area contributed by atoms with E-state index < -0.39 is 5.82 Å². The van der Waals surface area contributed by atoms with E-state index in [4.69, 9.17) is 5.26 Å². The van der Waals surface area contributed by atoms with Gasteiger partial charge in [-0.2, -0.15) is 10.4 Å². The Morgan fingerprint density at radius 1 is 1.22 bits per heavy atom. The van der Waals surface area contributed by atoms with E-state index in [-0.39, 0.29) is 6.04 Å². The molecule has 1 aromatic heterocycles. The smallest absolute Gasteiger partial charge is 0.147 e. The molecule has 0 unspecified atom stereocenters. The van der Waals surface area contributed by atoms with Crippen LogP contribution in [0.4, 0.5) is 10.1 Å². The first-order valence-corrected chi connectivity index (χ1v) is 7.08. The molecule has 1 atom stereocenters. The summed E-state index contributed by atoms with van der Waals surface area (Å²) in [6, 6.07) is 14.0. The standard InChI is InChI=1S/C17H14FN5/c1-12(22-17-7-2-13(9-19)8-16(17)18)14-3-5-15(6-4-14)23-11-20-10-21-23/h2-8,10-12,22H,1H3/t12-/m1/s1. The molecule has 0 radical (unpaired) electrons. The maximum atomic E-state index is 13.9. The van der Waals surface area contributed by atoms with Crippen LogP contribution in [-0.2, 0) is 0 Å². The van der Waals surface area contributed by atoms with Gasteiger partial charge in [-0.25, -0.2) is 14.1 Å². The van der Waals surface area contributed by atoms with E-state index in [9.17, 15) is 4.39 Å². The minimum atomic E-state index is -0.435. The number of nitrogens with zero attached hydrogens (tertiary/aromatic N) is 4. The van der Waals surface area contributed by atoms with Crippen molar-refractivity contribution in [1.29, 1.82) is 5.26 Å². The number of nitriles is 1. The zero-order valence-electron chi connectivity index (χ0n) is 12.4. The Bertz CT molecular complexity index is 834. The molecule has 23 heavy (non-hydrogen) atoms. The lowest BCUT2D eigenvalue weighted by Crippen LogP contribution is -2.08. The Morgan fingerprint density at radius 3 is 2.61 bits per heavy atom. The highest BCUT2D eigenvalue weighted by atomic mass is 19.1. The summed E-state index contributed by atoms with van der Waals surface area (Å²) >= 11 is 0. The van der Waals surface area contributed by atoms with Crippen molar-refractivity contribution in [2.75, 3.05) is 5.32 Å². The second-order valence-corrected chi connectivity index (χ2v) is 5.10. The van der Waals surface area contributed by atoms with E-state index in [1.165, 1.54) is 12.4 Å². The molecule has 0 aliphatic rings. The minimum absolute atomic E-state index is 0.0813. The lowest BCUT2D eigenvalue weighted by atomic mass is 10.1. The quantitative estimate of drug-likeness (QED) is 0.801. The number of aromatic nitrogens is 3. The van der Waals surface area contributed by atoms with Crippen molar-refractivity contribution in [3.8, 4) is 11.8 Å². The van der Waals surface area contributed by atoms with Crippen molar-refractivity contribution < 1.29 is 4.39 Å². The summed E-state index contributed by atoms with van der Waals surface area (Å²) in [6.45, 7) is 1.95. The minimum Gasteiger partial charge on any atom is -0.376 e. The van der Waals surface area contributed by atoms with Gasteiger partial charge in [0.05, 0.1) is 23.0 Å². The van der Waals surface area contributed by atoms with E-state index in [2.05, 4.69) is 15.4 Å². The summed E-state index contributed by atoms with van der Waals surface area (Å²) < 4.78 is 15.6. The molecule has 5 nitrogen and oxygen atoms in total. The molecular weight excluding hydrogens is 293 g/mol. The van der Waals surface area contributed by atoms with E-state index in [0.717, 1.165) is 11.3 Å². The lowest BCUT2D eigenvalue weighted by molar-refractivity contribution is 0.627. The Kier molecular flexibility index (Phi) is 4.02. The molecule has 0 saturated carbocycles. The molecule has 0 aliphatic carbocycles. The first-order chi connectivity index (χ1) is 11.2. The number of rotatable bonds is 4. The average molecular weight is 307 g/mol.